The minimum Gasteiger partial charge on any atom is -0.372 e. The van der Waals surface area contributed by atoms with Crippen molar-refractivity contribution in [2.45, 2.75) is 5.60 Å². The largest absolute Gasteiger partial charge is 0.372 e. The van der Waals surface area contributed by atoms with Crippen molar-refractivity contribution < 1.29 is 9.90 Å². The molecule has 0 saturated carbocycles. The van der Waals surface area contributed by atoms with Gasteiger partial charge in [0, 0.05) is 15.7 Å². The van der Waals surface area contributed by atoms with E-state index in [2.05, 4.69) is 73.5 Å². The van der Waals surface area contributed by atoms with Crippen molar-refractivity contribution in [2.75, 3.05) is 0 Å². The minimum atomic E-state index is -1.93. The highest BCUT2D eigenvalue weighted by atomic mass is 79.9. The van der Waals surface area contributed by atoms with E-state index in [1.165, 1.54) is 0 Å². The average Bonchev–Trinajstić information content (AvgIpc) is 3.45. The van der Waals surface area contributed by atoms with E-state index >= 15 is 0 Å². The maximum atomic E-state index is 13.7. The van der Waals surface area contributed by atoms with Gasteiger partial charge in [0.25, 0.3) is 5.91 Å². The zero-order valence-corrected chi connectivity index (χ0v) is 24.7. The van der Waals surface area contributed by atoms with Gasteiger partial charge in [-0.05, 0) is 52.6 Å². The first-order valence-electron chi connectivity index (χ1n) is 13.8. The maximum Gasteiger partial charge on any atom is 0.281 e. The number of hydrogen-bond acceptors (Lipinski definition) is 3. The summed E-state index contributed by atoms with van der Waals surface area (Å²) in [5.41, 5.74) is 7.30. The van der Waals surface area contributed by atoms with Crippen molar-refractivity contribution in [1.29, 1.82) is 0 Å². The number of rotatable bonds is 8. The summed E-state index contributed by atoms with van der Waals surface area (Å²) in [6, 6.07) is 48.3. The molecule has 0 atom stereocenters. The van der Waals surface area contributed by atoms with Crippen LogP contribution in [-0.4, -0.2) is 21.8 Å². The van der Waals surface area contributed by atoms with Crippen molar-refractivity contribution in [3.05, 3.63) is 173 Å². The fraction of sp³-hybridized carbons (Fsp3) is 0.0270. The molecular weight excluding hydrogens is 598 g/mol. The van der Waals surface area contributed by atoms with E-state index in [-0.39, 0.29) is 0 Å². The fourth-order valence-electron chi connectivity index (χ4n) is 5.23. The van der Waals surface area contributed by atoms with E-state index in [1.807, 2.05) is 60.7 Å². The summed E-state index contributed by atoms with van der Waals surface area (Å²) in [6.07, 6.45) is 1.64. The normalized spacial score (nSPS) is 11.5. The Bertz CT molecular complexity index is 1810. The Morgan fingerprint density at radius 1 is 0.698 bits per heavy atom. The summed E-state index contributed by atoms with van der Waals surface area (Å²) in [6.45, 7) is 0. The number of nitrogens with zero attached hydrogens (tertiary/aromatic N) is 2. The Balaban J connectivity index is 1.45. The predicted molar refractivity (Wildman–Crippen MR) is 176 cm³/mol. The Labute approximate surface area is 258 Å². The molecule has 0 bridgehead atoms. The van der Waals surface area contributed by atoms with Gasteiger partial charge in [0.15, 0.2) is 5.60 Å². The van der Waals surface area contributed by atoms with Crippen LogP contribution in [0.1, 0.15) is 16.7 Å². The average molecular weight is 627 g/mol. The van der Waals surface area contributed by atoms with Gasteiger partial charge in [-0.15, -0.1) is 0 Å². The fourth-order valence-corrected chi connectivity index (χ4v) is 5.49. The van der Waals surface area contributed by atoms with E-state index < -0.39 is 11.5 Å². The first-order chi connectivity index (χ1) is 21.1. The highest BCUT2D eigenvalue weighted by Gasteiger charge is 2.39. The SMILES string of the molecule is O=C(N/N=C\c1cc(-c2ccccc2)n(-c2ccc(Br)cc2)c1-c1ccccc1)C(O)(c1ccccc1)c1ccccc1. The lowest BCUT2D eigenvalue weighted by molar-refractivity contribution is -0.136. The molecule has 43 heavy (non-hydrogen) atoms. The summed E-state index contributed by atoms with van der Waals surface area (Å²) < 4.78 is 3.18. The smallest absolute Gasteiger partial charge is 0.281 e. The third kappa shape index (κ3) is 5.71. The second kappa shape index (κ2) is 12.4. The second-order valence-corrected chi connectivity index (χ2v) is 10.9. The molecule has 1 amide bonds. The summed E-state index contributed by atoms with van der Waals surface area (Å²) >= 11 is 3.56. The van der Waals surface area contributed by atoms with Crippen LogP contribution in [-0.2, 0) is 10.4 Å². The molecule has 0 radical (unpaired) electrons. The van der Waals surface area contributed by atoms with Crippen LogP contribution in [0.2, 0.25) is 0 Å². The molecule has 0 saturated heterocycles. The van der Waals surface area contributed by atoms with Crippen molar-refractivity contribution in [3.8, 4) is 28.2 Å². The predicted octanol–water partition coefficient (Wildman–Crippen LogP) is 7.96. The summed E-state index contributed by atoms with van der Waals surface area (Å²) in [5, 5.41) is 16.2. The van der Waals surface area contributed by atoms with Gasteiger partial charge < -0.3 is 9.67 Å². The molecule has 0 aliphatic carbocycles. The summed E-state index contributed by atoms with van der Waals surface area (Å²) in [7, 11) is 0. The van der Waals surface area contributed by atoms with Crippen molar-refractivity contribution >= 4 is 28.1 Å². The van der Waals surface area contributed by atoms with Crippen LogP contribution in [0.5, 0.6) is 0 Å². The molecule has 5 aromatic carbocycles. The first kappa shape index (κ1) is 28.1. The molecule has 1 heterocycles. The van der Waals surface area contributed by atoms with Crippen molar-refractivity contribution in [1.82, 2.24) is 9.99 Å². The van der Waals surface area contributed by atoms with E-state index in [0.717, 1.165) is 38.2 Å². The molecule has 2 N–H and O–H groups in total. The number of aliphatic hydroxyl groups is 1. The summed E-state index contributed by atoms with van der Waals surface area (Å²) in [5.74, 6) is -0.655. The zero-order chi connectivity index (χ0) is 29.6. The Hall–Kier alpha value is -5.04. The van der Waals surface area contributed by atoms with Crippen molar-refractivity contribution in [2.24, 2.45) is 5.10 Å². The molecule has 6 heteroatoms. The van der Waals surface area contributed by atoms with Crippen LogP contribution in [0.25, 0.3) is 28.2 Å². The van der Waals surface area contributed by atoms with Gasteiger partial charge in [-0.1, -0.05) is 137 Å². The standard InChI is InChI=1S/C37H28BrN3O2/c38-32-21-23-33(24-22-32)41-34(27-13-5-1-6-14-27)25-29(35(41)28-15-7-2-8-16-28)26-39-40-36(42)37(43,30-17-9-3-10-18-30)31-19-11-4-12-20-31/h1-26,43H,(H,40,42)/b39-26-. The molecule has 0 aliphatic rings. The van der Waals surface area contributed by atoms with E-state index in [1.54, 1.807) is 54.7 Å². The van der Waals surface area contributed by atoms with Gasteiger partial charge in [0.2, 0.25) is 0 Å². The summed E-state index contributed by atoms with van der Waals surface area (Å²) in [4.78, 5) is 13.7. The van der Waals surface area contributed by atoms with E-state index in [9.17, 15) is 9.90 Å². The van der Waals surface area contributed by atoms with Gasteiger partial charge in [0.05, 0.1) is 17.6 Å². The molecule has 6 aromatic rings. The molecule has 6 rings (SSSR count). The van der Waals surface area contributed by atoms with Gasteiger partial charge in [-0.25, -0.2) is 5.43 Å². The molecule has 1 aromatic heterocycles. The molecule has 210 valence electrons. The zero-order valence-electron chi connectivity index (χ0n) is 23.1. The van der Waals surface area contributed by atoms with Crippen LogP contribution < -0.4 is 5.43 Å². The quantitative estimate of drug-likeness (QED) is 0.133. The second-order valence-electron chi connectivity index (χ2n) is 10.0. The van der Waals surface area contributed by atoms with Crippen LogP contribution in [0, 0.1) is 0 Å². The molecule has 0 fully saturated rings. The number of aromatic nitrogens is 1. The third-order valence-corrected chi connectivity index (χ3v) is 7.84. The maximum absolute atomic E-state index is 13.7. The monoisotopic (exact) mass is 625 g/mol. The number of benzene rings is 5. The van der Waals surface area contributed by atoms with Gasteiger partial charge in [-0.3, -0.25) is 4.79 Å². The first-order valence-corrected chi connectivity index (χ1v) is 14.6. The minimum absolute atomic E-state index is 0.451. The molecular formula is C37H28BrN3O2. The van der Waals surface area contributed by atoms with Crippen LogP contribution >= 0.6 is 15.9 Å². The Kier molecular flexibility index (Phi) is 8.13. The van der Waals surface area contributed by atoms with E-state index in [4.69, 9.17) is 0 Å². The molecule has 0 unspecified atom stereocenters. The van der Waals surface area contributed by atoms with Crippen molar-refractivity contribution in [3.63, 3.8) is 0 Å². The van der Waals surface area contributed by atoms with Gasteiger partial charge in [-0.2, -0.15) is 5.10 Å². The lowest BCUT2D eigenvalue weighted by Gasteiger charge is -2.27. The number of nitrogens with one attached hydrogen (secondary N) is 1. The number of amides is 1. The van der Waals surface area contributed by atoms with E-state index in [0.29, 0.717) is 11.1 Å². The van der Waals surface area contributed by atoms with Crippen LogP contribution in [0.15, 0.2) is 161 Å². The van der Waals surface area contributed by atoms with Gasteiger partial charge >= 0.3 is 0 Å². The number of hydrazone groups is 1. The molecule has 5 nitrogen and oxygen atoms in total. The highest BCUT2D eigenvalue weighted by molar-refractivity contribution is 9.10. The number of halogens is 1. The van der Waals surface area contributed by atoms with Gasteiger partial charge in [0.1, 0.15) is 0 Å². The van der Waals surface area contributed by atoms with Crippen LogP contribution in [0.3, 0.4) is 0 Å². The Morgan fingerprint density at radius 3 is 1.72 bits per heavy atom. The lowest BCUT2D eigenvalue weighted by atomic mass is 9.85. The molecule has 0 aliphatic heterocycles. The number of carbonyl (C=O) groups excluding carboxylic acids is 1. The lowest BCUT2D eigenvalue weighted by Crippen LogP contribution is -2.43. The highest BCUT2D eigenvalue weighted by Crippen LogP contribution is 2.36. The third-order valence-electron chi connectivity index (χ3n) is 7.31. The Morgan fingerprint density at radius 2 is 1.19 bits per heavy atom. The molecule has 0 spiro atoms. The van der Waals surface area contributed by atoms with Crippen LogP contribution in [0.4, 0.5) is 0 Å². The number of hydrogen-bond donors (Lipinski definition) is 2. The topological polar surface area (TPSA) is 66.6 Å². The number of carbonyl (C=O) groups is 1.